The average Bonchev–Trinajstić information content (AvgIpc) is 2.89. The van der Waals surface area contributed by atoms with Crippen LogP contribution >= 0.6 is 11.6 Å². The van der Waals surface area contributed by atoms with Crippen LogP contribution in [0.15, 0.2) is 36.4 Å². The second-order valence-corrected chi connectivity index (χ2v) is 8.74. The number of rotatable bonds is 5. The molecule has 0 aliphatic carbocycles. The first-order chi connectivity index (χ1) is 13.7. The highest BCUT2D eigenvalue weighted by Crippen LogP contribution is 2.33. The van der Waals surface area contributed by atoms with Gasteiger partial charge in [0.05, 0.1) is 47.9 Å². The summed E-state index contributed by atoms with van der Waals surface area (Å²) in [6, 6.07) is 8.89. The first-order valence-corrected chi connectivity index (χ1v) is 10.6. The lowest BCUT2D eigenvalue weighted by Gasteiger charge is -2.17. The van der Waals surface area contributed by atoms with Crippen molar-refractivity contribution >= 4 is 44.8 Å². The highest BCUT2D eigenvalue weighted by molar-refractivity contribution is 7.94. The van der Waals surface area contributed by atoms with Gasteiger partial charge >= 0.3 is 0 Å². The highest BCUT2D eigenvalue weighted by atomic mass is 35.5. The Balaban J connectivity index is 1.95. The molecule has 29 heavy (non-hydrogen) atoms. The molecule has 1 aliphatic heterocycles. The molecule has 0 saturated carbocycles. The number of sulfonamides is 1. The van der Waals surface area contributed by atoms with Crippen LogP contribution in [0, 0.1) is 5.92 Å². The summed E-state index contributed by atoms with van der Waals surface area (Å²) in [5.41, 5.74) is 0.457. The first-order valence-electron chi connectivity index (χ1n) is 8.57. The van der Waals surface area contributed by atoms with E-state index in [9.17, 15) is 18.0 Å². The Morgan fingerprint density at radius 1 is 1.17 bits per heavy atom. The van der Waals surface area contributed by atoms with Gasteiger partial charge in [-0.3, -0.25) is 9.59 Å². The van der Waals surface area contributed by atoms with E-state index in [0.29, 0.717) is 17.2 Å². The van der Waals surface area contributed by atoms with Gasteiger partial charge in [-0.2, -0.15) is 0 Å². The van der Waals surface area contributed by atoms with Gasteiger partial charge in [-0.1, -0.05) is 18.5 Å². The zero-order valence-electron chi connectivity index (χ0n) is 15.9. The maximum atomic E-state index is 12.8. The molecule has 0 spiro atoms. The van der Waals surface area contributed by atoms with Gasteiger partial charge in [-0.25, -0.2) is 12.7 Å². The Morgan fingerprint density at radius 2 is 1.90 bits per heavy atom. The van der Waals surface area contributed by atoms with Crippen molar-refractivity contribution in [2.75, 3.05) is 29.6 Å². The molecule has 1 fully saturated rings. The zero-order valence-corrected chi connectivity index (χ0v) is 17.5. The molecular formula is C19H19ClN2O6S. The molecule has 8 nitrogen and oxygen atoms in total. The highest BCUT2D eigenvalue weighted by Gasteiger charge is 2.42. The minimum absolute atomic E-state index is 0.0181. The number of hydrogen-bond donors (Lipinski definition) is 1. The van der Waals surface area contributed by atoms with Gasteiger partial charge in [-0.05, 0) is 30.3 Å². The molecule has 3 rings (SSSR count). The summed E-state index contributed by atoms with van der Waals surface area (Å²) < 4.78 is 35.8. The smallest absolute Gasteiger partial charge is 0.257 e. The second kappa shape index (κ2) is 7.92. The largest absolute Gasteiger partial charge is 0.497 e. The van der Waals surface area contributed by atoms with E-state index in [1.165, 1.54) is 32.4 Å². The molecule has 1 aliphatic rings. The average molecular weight is 439 g/mol. The molecular weight excluding hydrogens is 420 g/mol. The predicted molar refractivity (Wildman–Crippen MR) is 109 cm³/mol. The summed E-state index contributed by atoms with van der Waals surface area (Å²) in [4.78, 5) is 25.1. The third-order valence-electron chi connectivity index (χ3n) is 4.45. The molecule has 1 atom stereocenters. The number of ether oxygens (including phenoxy) is 2. The van der Waals surface area contributed by atoms with Crippen LogP contribution in [-0.4, -0.2) is 40.2 Å². The Morgan fingerprint density at radius 3 is 2.48 bits per heavy atom. The third-order valence-corrected chi connectivity index (χ3v) is 6.64. The monoisotopic (exact) mass is 438 g/mol. The van der Waals surface area contributed by atoms with Crippen LogP contribution in [0.3, 0.4) is 0 Å². The van der Waals surface area contributed by atoms with E-state index >= 15 is 0 Å². The standard InChI is InChI=1S/C19H19ClN2O6S/c1-11-10-29(25,26)22(19(11)24)12-4-6-15(20)14(8-12)18(23)21-16-7-5-13(27-2)9-17(16)28-3/h4-9,11H,10H2,1-3H3,(H,21,23). The lowest BCUT2D eigenvalue weighted by molar-refractivity contribution is -0.119. The fourth-order valence-electron chi connectivity index (χ4n) is 2.99. The van der Waals surface area contributed by atoms with Gasteiger partial charge in [0, 0.05) is 6.07 Å². The lowest BCUT2D eigenvalue weighted by atomic mass is 10.1. The van der Waals surface area contributed by atoms with Crippen molar-refractivity contribution in [2.24, 2.45) is 5.92 Å². The predicted octanol–water partition coefficient (Wildman–Crippen LogP) is 2.92. The fraction of sp³-hybridized carbons (Fsp3) is 0.263. The maximum absolute atomic E-state index is 12.8. The van der Waals surface area contributed by atoms with Gasteiger partial charge in [-0.15, -0.1) is 0 Å². The molecule has 0 bridgehead atoms. The summed E-state index contributed by atoms with van der Waals surface area (Å²) in [5, 5.41) is 2.78. The van der Waals surface area contributed by atoms with E-state index in [1.807, 2.05) is 0 Å². The molecule has 2 amide bonds. The van der Waals surface area contributed by atoms with E-state index in [0.717, 1.165) is 4.31 Å². The number of anilines is 2. The minimum atomic E-state index is -3.80. The zero-order chi connectivity index (χ0) is 21.3. The summed E-state index contributed by atoms with van der Waals surface area (Å²) >= 11 is 6.16. The van der Waals surface area contributed by atoms with Crippen LogP contribution in [0.4, 0.5) is 11.4 Å². The van der Waals surface area contributed by atoms with Gasteiger partial charge in [0.15, 0.2) is 0 Å². The number of carbonyl (C=O) groups excluding carboxylic acids is 2. The Bertz CT molecular complexity index is 1090. The van der Waals surface area contributed by atoms with Crippen LogP contribution in [-0.2, 0) is 14.8 Å². The number of amides is 2. The molecule has 2 aromatic carbocycles. The number of carbonyl (C=O) groups is 2. The summed E-state index contributed by atoms with van der Waals surface area (Å²) in [6.07, 6.45) is 0. The molecule has 1 heterocycles. The second-order valence-electron chi connectivity index (χ2n) is 6.47. The van der Waals surface area contributed by atoms with Crippen molar-refractivity contribution in [1.82, 2.24) is 0 Å². The number of nitrogens with one attached hydrogen (secondary N) is 1. The molecule has 1 N–H and O–H groups in total. The SMILES string of the molecule is COc1ccc(NC(=O)c2cc(N3C(=O)C(C)CS3(=O)=O)ccc2Cl)c(OC)c1. The van der Waals surface area contributed by atoms with E-state index in [4.69, 9.17) is 21.1 Å². The normalized spacial score (nSPS) is 17.9. The minimum Gasteiger partial charge on any atom is -0.497 e. The Kier molecular flexibility index (Phi) is 5.72. The molecule has 10 heteroatoms. The third kappa shape index (κ3) is 4.01. The summed E-state index contributed by atoms with van der Waals surface area (Å²) in [5.74, 6) is -1.15. The molecule has 1 saturated heterocycles. The van der Waals surface area contributed by atoms with Crippen molar-refractivity contribution in [3.63, 3.8) is 0 Å². The summed E-state index contributed by atoms with van der Waals surface area (Å²) in [6.45, 7) is 1.54. The molecule has 0 radical (unpaired) electrons. The first kappa shape index (κ1) is 20.9. The topological polar surface area (TPSA) is 102 Å². The van der Waals surface area contributed by atoms with Gasteiger partial charge in [0.1, 0.15) is 11.5 Å². The molecule has 0 aromatic heterocycles. The fourth-order valence-corrected chi connectivity index (χ4v) is 5.01. The van der Waals surface area contributed by atoms with Gasteiger partial charge in [0.2, 0.25) is 15.9 Å². The number of methoxy groups -OCH3 is 2. The van der Waals surface area contributed by atoms with Crippen LogP contribution in [0.1, 0.15) is 17.3 Å². The number of nitrogens with zero attached hydrogens (tertiary/aromatic N) is 1. The van der Waals surface area contributed by atoms with Crippen molar-refractivity contribution in [3.05, 3.63) is 47.0 Å². The van der Waals surface area contributed by atoms with E-state index < -0.39 is 27.8 Å². The van der Waals surface area contributed by atoms with Gasteiger partial charge in [0.25, 0.3) is 5.91 Å². The lowest BCUT2D eigenvalue weighted by Crippen LogP contribution is -2.30. The van der Waals surface area contributed by atoms with Crippen molar-refractivity contribution in [1.29, 1.82) is 0 Å². The van der Waals surface area contributed by atoms with E-state index in [1.54, 1.807) is 25.1 Å². The van der Waals surface area contributed by atoms with Crippen molar-refractivity contribution in [2.45, 2.75) is 6.92 Å². The Hall–Kier alpha value is -2.78. The summed E-state index contributed by atoms with van der Waals surface area (Å²) in [7, 11) is -0.842. The molecule has 2 aromatic rings. The number of benzene rings is 2. The van der Waals surface area contributed by atoms with E-state index in [2.05, 4.69) is 5.32 Å². The van der Waals surface area contributed by atoms with E-state index in [-0.39, 0.29) is 22.0 Å². The van der Waals surface area contributed by atoms with Crippen molar-refractivity contribution < 1.29 is 27.5 Å². The van der Waals surface area contributed by atoms with Crippen LogP contribution in [0.25, 0.3) is 0 Å². The quantitative estimate of drug-likeness (QED) is 0.770. The van der Waals surface area contributed by atoms with Crippen molar-refractivity contribution in [3.8, 4) is 11.5 Å². The van der Waals surface area contributed by atoms with Crippen LogP contribution in [0.2, 0.25) is 5.02 Å². The maximum Gasteiger partial charge on any atom is 0.257 e. The Labute approximate surface area is 173 Å². The number of hydrogen-bond acceptors (Lipinski definition) is 6. The van der Waals surface area contributed by atoms with Crippen LogP contribution < -0.4 is 19.1 Å². The van der Waals surface area contributed by atoms with Gasteiger partial charge < -0.3 is 14.8 Å². The molecule has 1 unspecified atom stereocenters. The molecule has 154 valence electrons. The van der Waals surface area contributed by atoms with Crippen LogP contribution in [0.5, 0.6) is 11.5 Å². The number of halogens is 1.